The third-order valence-corrected chi connectivity index (χ3v) is 6.11. The molecule has 3 atom stereocenters. The van der Waals surface area contributed by atoms with E-state index in [-0.39, 0.29) is 30.2 Å². The topological polar surface area (TPSA) is 41.1 Å². The monoisotopic (exact) mass is 422 g/mol. The number of amides is 1. The second-order valence-corrected chi connectivity index (χ2v) is 8.16. The number of hydrogen-bond donors (Lipinski definition) is 2. The van der Waals surface area contributed by atoms with E-state index in [9.17, 15) is 9.18 Å². The molecule has 150 valence electrons. The van der Waals surface area contributed by atoms with Crippen LogP contribution in [-0.2, 0) is 4.79 Å². The Morgan fingerprint density at radius 1 is 1.11 bits per heavy atom. The highest BCUT2D eigenvalue weighted by molar-refractivity contribution is 6.31. The van der Waals surface area contributed by atoms with Gasteiger partial charge in [-0.15, -0.1) is 12.4 Å². The van der Waals surface area contributed by atoms with Crippen LogP contribution >= 0.6 is 24.0 Å². The fourth-order valence-electron chi connectivity index (χ4n) is 4.53. The quantitative estimate of drug-likeness (QED) is 0.709. The minimum absolute atomic E-state index is 0. The largest absolute Gasteiger partial charge is 0.345 e. The maximum absolute atomic E-state index is 13.4. The maximum atomic E-state index is 13.4. The molecule has 6 heteroatoms. The van der Waals surface area contributed by atoms with E-state index in [1.165, 1.54) is 25.0 Å². The first kappa shape index (κ1) is 21.1. The van der Waals surface area contributed by atoms with E-state index >= 15 is 0 Å². The average Bonchev–Trinajstić information content (AvgIpc) is 2.99. The van der Waals surface area contributed by atoms with Crippen LogP contribution in [0.3, 0.4) is 0 Å². The van der Waals surface area contributed by atoms with Crippen molar-refractivity contribution < 1.29 is 9.18 Å². The van der Waals surface area contributed by atoms with E-state index in [1.807, 2.05) is 24.3 Å². The number of carbonyl (C=O) groups is 1. The molecule has 2 aromatic carbocycles. The smallest absolute Gasteiger partial charge is 0.221 e. The molecule has 2 heterocycles. The minimum atomic E-state index is -0.384. The molecule has 0 aliphatic carbocycles. The van der Waals surface area contributed by atoms with Crippen LogP contribution in [0.15, 0.2) is 48.5 Å². The Morgan fingerprint density at radius 2 is 1.75 bits per heavy atom. The summed E-state index contributed by atoms with van der Waals surface area (Å²) in [5.74, 6) is 0.146. The van der Waals surface area contributed by atoms with Crippen LogP contribution in [0.2, 0.25) is 5.02 Å². The molecule has 2 N–H and O–H groups in total. The number of halogens is 3. The maximum Gasteiger partial charge on any atom is 0.221 e. The van der Waals surface area contributed by atoms with Gasteiger partial charge in [0.15, 0.2) is 0 Å². The zero-order chi connectivity index (χ0) is 18.8. The number of benzene rings is 2. The Bertz CT molecular complexity index is 802. The lowest BCUT2D eigenvalue weighted by atomic mass is 9.89. The fourth-order valence-corrected chi connectivity index (χ4v) is 4.77. The summed E-state index contributed by atoms with van der Waals surface area (Å²) in [6.07, 6.45) is 5.10. The van der Waals surface area contributed by atoms with Crippen LogP contribution in [0, 0.1) is 11.7 Å². The van der Waals surface area contributed by atoms with Crippen LogP contribution in [0.1, 0.15) is 49.3 Å². The molecular weight excluding hydrogens is 398 g/mol. The van der Waals surface area contributed by atoms with Crippen LogP contribution in [0.4, 0.5) is 4.39 Å². The molecule has 0 saturated carbocycles. The highest BCUT2D eigenvalue weighted by Gasteiger charge is 2.34. The van der Waals surface area contributed by atoms with Crippen molar-refractivity contribution >= 4 is 29.9 Å². The van der Waals surface area contributed by atoms with Gasteiger partial charge in [-0.1, -0.05) is 41.9 Å². The van der Waals surface area contributed by atoms with Gasteiger partial charge in [0.05, 0.1) is 6.04 Å². The van der Waals surface area contributed by atoms with Gasteiger partial charge in [-0.2, -0.15) is 0 Å². The van der Waals surface area contributed by atoms with Crippen molar-refractivity contribution in [3.05, 3.63) is 70.5 Å². The van der Waals surface area contributed by atoms with Gasteiger partial charge in [0.25, 0.3) is 0 Å². The first-order valence-electron chi connectivity index (χ1n) is 9.64. The van der Waals surface area contributed by atoms with Gasteiger partial charge in [0.2, 0.25) is 5.91 Å². The second kappa shape index (κ2) is 9.25. The molecule has 2 bridgehead atoms. The molecule has 3 nitrogen and oxygen atoms in total. The van der Waals surface area contributed by atoms with Crippen molar-refractivity contribution in [3.8, 4) is 0 Å². The van der Waals surface area contributed by atoms with Crippen LogP contribution in [0.5, 0.6) is 0 Å². The summed E-state index contributed by atoms with van der Waals surface area (Å²) in [5.41, 5.74) is 1.65. The van der Waals surface area contributed by atoms with E-state index < -0.39 is 0 Å². The van der Waals surface area contributed by atoms with Crippen molar-refractivity contribution in [2.45, 2.75) is 50.2 Å². The highest BCUT2D eigenvalue weighted by Crippen LogP contribution is 2.33. The highest BCUT2D eigenvalue weighted by atomic mass is 35.5. The van der Waals surface area contributed by atoms with Gasteiger partial charge in [0.1, 0.15) is 5.82 Å². The molecule has 2 aliphatic heterocycles. The summed E-state index contributed by atoms with van der Waals surface area (Å²) in [7, 11) is 0. The van der Waals surface area contributed by atoms with Crippen molar-refractivity contribution in [2.24, 2.45) is 5.92 Å². The number of piperidine rings is 1. The summed E-state index contributed by atoms with van der Waals surface area (Å²) in [5, 5.41) is 7.34. The van der Waals surface area contributed by atoms with Crippen LogP contribution in [-0.4, -0.2) is 18.0 Å². The van der Waals surface area contributed by atoms with Gasteiger partial charge in [0, 0.05) is 23.5 Å². The van der Waals surface area contributed by atoms with Crippen molar-refractivity contribution in [2.75, 3.05) is 0 Å². The summed E-state index contributed by atoms with van der Waals surface area (Å²) >= 11 is 6.39. The van der Waals surface area contributed by atoms with Gasteiger partial charge in [-0.25, -0.2) is 4.39 Å². The number of nitrogens with one attached hydrogen (secondary N) is 2. The van der Waals surface area contributed by atoms with Gasteiger partial charge in [-0.3, -0.25) is 4.79 Å². The second-order valence-electron chi connectivity index (χ2n) is 7.75. The summed E-state index contributed by atoms with van der Waals surface area (Å²) < 4.78 is 13.4. The van der Waals surface area contributed by atoms with E-state index in [2.05, 4.69) is 10.6 Å². The SMILES string of the molecule is Cl.O=C(CC1CC2CCC(C1)N2)NC(c1ccc(F)cc1)c1ccccc1Cl. The summed E-state index contributed by atoms with van der Waals surface area (Å²) in [6.45, 7) is 0. The molecule has 2 saturated heterocycles. The molecule has 0 aromatic heterocycles. The molecule has 0 spiro atoms. The molecule has 2 aromatic rings. The number of fused-ring (bicyclic) bond motifs is 2. The van der Waals surface area contributed by atoms with Gasteiger partial charge < -0.3 is 10.6 Å². The molecule has 2 aliphatic rings. The van der Waals surface area contributed by atoms with E-state index in [1.54, 1.807) is 12.1 Å². The number of rotatable bonds is 5. The van der Waals surface area contributed by atoms with Crippen LogP contribution < -0.4 is 10.6 Å². The standard InChI is InChI=1S/C22H24ClFN2O.ClH/c23-20-4-2-1-3-19(20)22(15-5-7-16(24)8-6-15)26-21(27)13-14-11-17-9-10-18(12-14)25-17;/h1-8,14,17-18,22,25H,9-13H2,(H,26,27);1H. The zero-order valence-electron chi connectivity index (χ0n) is 15.5. The molecule has 2 fully saturated rings. The molecule has 1 amide bonds. The lowest BCUT2D eigenvalue weighted by Crippen LogP contribution is -2.40. The molecular formula is C22H25Cl2FN2O. The first-order valence-corrected chi connectivity index (χ1v) is 10.0. The lowest BCUT2D eigenvalue weighted by Gasteiger charge is -2.29. The van der Waals surface area contributed by atoms with E-state index in [0.29, 0.717) is 29.4 Å². The van der Waals surface area contributed by atoms with Crippen molar-refractivity contribution in [1.82, 2.24) is 10.6 Å². The Balaban J connectivity index is 0.00000225. The number of carbonyl (C=O) groups excluding carboxylic acids is 1. The Morgan fingerprint density at radius 3 is 2.39 bits per heavy atom. The fraction of sp³-hybridized carbons (Fsp3) is 0.409. The Hall–Kier alpha value is -1.62. The zero-order valence-corrected chi connectivity index (χ0v) is 17.1. The van der Waals surface area contributed by atoms with Gasteiger partial charge >= 0.3 is 0 Å². The molecule has 0 radical (unpaired) electrons. The van der Waals surface area contributed by atoms with Crippen molar-refractivity contribution in [1.29, 1.82) is 0 Å². The predicted molar refractivity (Wildman–Crippen MR) is 112 cm³/mol. The van der Waals surface area contributed by atoms with Crippen LogP contribution in [0.25, 0.3) is 0 Å². The Kier molecular flexibility index (Phi) is 6.97. The summed E-state index contributed by atoms with van der Waals surface area (Å²) in [6, 6.07) is 14.5. The number of hydrogen-bond acceptors (Lipinski definition) is 2. The third-order valence-electron chi connectivity index (χ3n) is 5.77. The minimum Gasteiger partial charge on any atom is -0.345 e. The Labute approximate surface area is 176 Å². The molecule has 28 heavy (non-hydrogen) atoms. The molecule has 3 unspecified atom stereocenters. The normalized spacial score (nSPS) is 24.3. The predicted octanol–water partition coefficient (Wildman–Crippen LogP) is 5.03. The van der Waals surface area contributed by atoms with Gasteiger partial charge in [-0.05, 0) is 60.9 Å². The lowest BCUT2D eigenvalue weighted by molar-refractivity contribution is -0.122. The summed E-state index contributed by atoms with van der Waals surface area (Å²) in [4.78, 5) is 12.8. The van der Waals surface area contributed by atoms with E-state index in [4.69, 9.17) is 11.6 Å². The van der Waals surface area contributed by atoms with E-state index in [0.717, 1.165) is 24.0 Å². The third kappa shape index (κ3) is 4.86. The first-order chi connectivity index (χ1) is 13.1. The average molecular weight is 423 g/mol. The van der Waals surface area contributed by atoms with Crippen molar-refractivity contribution in [3.63, 3.8) is 0 Å². The molecule has 4 rings (SSSR count).